The van der Waals surface area contributed by atoms with Gasteiger partial charge in [-0.15, -0.1) is 0 Å². The molecule has 0 saturated carbocycles. The molecular weight excluding hydrogens is 383 g/mol. The van der Waals surface area contributed by atoms with Crippen LogP contribution in [0.1, 0.15) is 12.0 Å². The normalized spacial score (nSPS) is 17.0. The lowest BCUT2D eigenvalue weighted by molar-refractivity contribution is -0.122. The van der Waals surface area contributed by atoms with Gasteiger partial charge in [-0.2, -0.15) is 0 Å². The maximum atomic E-state index is 12.5. The second-order valence-corrected chi connectivity index (χ2v) is 7.15. The van der Waals surface area contributed by atoms with Gasteiger partial charge in [-0.25, -0.2) is 0 Å². The smallest absolute Gasteiger partial charge is 0.229 e. The van der Waals surface area contributed by atoms with Gasteiger partial charge in [0.05, 0.1) is 16.6 Å². The summed E-state index contributed by atoms with van der Waals surface area (Å²) in [6.07, 6.45) is 0.142. The van der Waals surface area contributed by atoms with Gasteiger partial charge in [0.15, 0.2) is 0 Å². The van der Waals surface area contributed by atoms with Gasteiger partial charge in [-0.1, -0.05) is 40.9 Å². The molecule has 0 bridgehead atoms. The molecule has 4 nitrogen and oxygen atoms in total. The Morgan fingerprint density at radius 1 is 1.16 bits per heavy atom. The molecule has 0 unspecified atom stereocenters. The maximum Gasteiger partial charge on any atom is 0.229 e. The summed E-state index contributed by atoms with van der Waals surface area (Å²) < 4.78 is 0. The van der Waals surface area contributed by atoms with Crippen LogP contribution < -0.4 is 10.2 Å². The highest BCUT2D eigenvalue weighted by atomic mass is 35.5. The molecule has 0 aromatic heterocycles. The van der Waals surface area contributed by atoms with Crippen molar-refractivity contribution in [3.8, 4) is 0 Å². The number of halogens is 3. The summed E-state index contributed by atoms with van der Waals surface area (Å²) in [4.78, 5) is 26.5. The molecule has 1 saturated heterocycles. The first kappa shape index (κ1) is 18.1. The number of nitrogens with one attached hydrogen (secondary N) is 1. The molecule has 130 valence electrons. The molecule has 2 aromatic rings. The fraction of sp³-hybridized carbons (Fsp3) is 0.222. The average molecular weight is 398 g/mol. The Hall–Kier alpha value is -1.75. The predicted octanol–water partition coefficient (Wildman–Crippen LogP) is 4.95. The number of carbonyl (C=O) groups excluding carboxylic acids is 2. The third kappa shape index (κ3) is 3.76. The number of benzene rings is 2. The minimum atomic E-state index is -0.461. The number of rotatable bonds is 3. The lowest BCUT2D eigenvalue weighted by Crippen LogP contribution is -2.28. The fourth-order valence-corrected chi connectivity index (χ4v) is 3.46. The molecule has 3 rings (SSSR count). The minimum Gasteiger partial charge on any atom is -0.324 e. The van der Waals surface area contributed by atoms with Gasteiger partial charge in [0.1, 0.15) is 0 Å². The van der Waals surface area contributed by atoms with Crippen molar-refractivity contribution in [1.29, 1.82) is 0 Å². The monoisotopic (exact) mass is 396 g/mol. The standard InChI is InChI=1S/C18H15Cl3N2O2/c1-10-13(20)3-2-4-16(10)23-9-11(7-17(23)24)18(25)22-15-6-5-12(19)8-14(15)21/h2-6,8,11H,7,9H2,1H3,(H,22,25)/t11-/m0/s1. The van der Waals surface area contributed by atoms with Crippen LogP contribution in [-0.2, 0) is 9.59 Å². The van der Waals surface area contributed by atoms with E-state index in [4.69, 9.17) is 34.8 Å². The molecule has 2 amide bonds. The zero-order chi connectivity index (χ0) is 18.1. The Labute approximate surface area is 160 Å². The van der Waals surface area contributed by atoms with Crippen molar-refractivity contribution in [3.63, 3.8) is 0 Å². The Balaban J connectivity index is 1.75. The first-order valence-corrected chi connectivity index (χ1v) is 8.81. The van der Waals surface area contributed by atoms with Crippen molar-refractivity contribution in [3.05, 3.63) is 57.0 Å². The van der Waals surface area contributed by atoms with Gasteiger partial charge in [-0.05, 0) is 42.8 Å². The maximum absolute atomic E-state index is 12.5. The van der Waals surface area contributed by atoms with E-state index in [1.165, 1.54) is 0 Å². The zero-order valence-electron chi connectivity index (χ0n) is 13.4. The number of amides is 2. The molecular formula is C18H15Cl3N2O2. The summed E-state index contributed by atoms with van der Waals surface area (Å²) in [6.45, 7) is 2.16. The highest BCUT2D eigenvalue weighted by molar-refractivity contribution is 6.36. The molecule has 0 spiro atoms. The summed E-state index contributed by atoms with van der Waals surface area (Å²) in [5, 5.41) is 4.19. The first-order chi connectivity index (χ1) is 11.9. The number of anilines is 2. The van der Waals surface area contributed by atoms with E-state index in [0.717, 1.165) is 11.3 Å². The Morgan fingerprint density at radius 3 is 2.64 bits per heavy atom. The quantitative estimate of drug-likeness (QED) is 0.797. The largest absolute Gasteiger partial charge is 0.324 e. The average Bonchev–Trinajstić information content (AvgIpc) is 2.94. The molecule has 0 aliphatic carbocycles. The van der Waals surface area contributed by atoms with Gasteiger partial charge in [0.2, 0.25) is 11.8 Å². The molecule has 1 heterocycles. The summed E-state index contributed by atoms with van der Waals surface area (Å²) in [7, 11) is 0. The Morgan fingerprint density at radius 2 is 1.92 bits per heavy atom. The Bertz CT molecular complexity index is 854. The number of hydrogen-bond donors (Lipinski definition) is 1. The van der Waals surface area contributed by atoms with E-state index >= 15 is 0 Å². The summed E-state index contributed by atoms with van der Waals surface area (Å²) in [5.74, 6) is -0.815. The molecule has 1 atom stereocenters. The highest BCUT2D eigenvalue weighted by Crippen LogP contribution is 2.32. The fourth-order valence-electron chi connectivity index (χ4n) is 2.83. The molecule has 2 aromatic carbocycles. The van der Waals surface area contributed by atoms with Gasteiger partial charge in [0.25, 0.3) is 0 Å². The van der Waals surface area contributed by atoms with Crippen LogP contribution in [0, 0.1) is 12.8 Å². The molecule has 1 fully saturated rings. The number of hydrogen-bond acceptors (Lipinski definition) is 2. The molecule has 25 heavy (non-hydrogen) atoms. The minimum absolute atomic E-state index is 0.104. The van der Waals surface area contributed by atoms with Crippen LogP contribution in [0.5, 0.6) is 0 Å². The third-order valence-corrected chi connectivity index (χ3v) is 5.17. The van der Waals surface area contributed by atoms with Crippen molar-refractivity contribution in [2.24, 2.45) is 5.92 Å². The van der Waals surface area contributed by atoms with Crippen LogP contribution >= 0.6 is 34.8 Å². The second-order valence-electron chi connectivity index (χ2n) is 5.90. The van der Waals surface area contributed by atoms with Crippen molar-refractivity contribution >= 4 is 58.0 Å². The van der Waals surface area contributed by atoms with Crippen molar-refractivity contribution in [2.75, 3.05) is 16.8 Å². The van der Waals surface area contributed by atoms with Crippen LogP contribution in [0.2, 0.25) is 15.1 Å². The van der Waals surface area contributed by atoms with E-state index in [1.54, 1.807) is 35.2 Å². The summed E-state index contributed by atoms with van der Waals surface area (Å²) in [5.41, 5.74) is 2.03. The van der Waals surface area contributed by atoms with Crippen molar-refractivity contribution in [1.82, 2.24) is 0 Å². The van der Waals surface area contributed by atoms with E-state index in [1.807, 2.05) is 13.0 Å². The van der Waals surface area contributed by atoms with Crippen LogP contribution in [0.25, 0.3) is 0 Å². The van der Waals surface area contributed by atoms with Crippen molar-refractivity contribution in [2.45, 2.75) is 13.3 Å². The molecule has 0 radical (unpaired) electrons. The molecule has 1 aliphatic rings. The van der Waals surface area contributed by atoms with Gasteiger partial charge >= 0.3 is 0 Å². The molecule has 7 heteroatoms. The Kier molecular flexibility index (Phi) is 5.23. The van der Waals surface area contributed by atoms with Crippen LogP contribution in [0.3, 0.4) is 0 Å². The van der Waals surface area contributed by atoms with E-state index in [0.29, 0.717) is 27.3 Å². The number of carbonyl (C=O) groups is 2. The zero-order valence-corrected chi connectivity index (χ0v) is 15.6. The van der Waals surface area contributed by atoms with Crippen LogP contribution in [-0.4, -0.2) is 18.4 Å². The van der Waals surface area contributed by atoms with Gasteiger partial charge in [-0.3, -0.25) is 9.59 Å². The van der Waals surface area contributed by atoms with E-state index in [-0.39, 0.29) is 18.2 Å². The second kappa shape index (κ2) is 7.24. The molecule has 1 aliphatic heterocycles. The number of nitrogens with zero attached hydrogens (tertiary/aromatic N) is 1. The summed E-state index contributed by atoms with van der Waals surface area (Å²) >= 11 is 18.1. The first-order valence-electron chi connectivity index (χ1n) is 7.68. The van der Waals surface area contributed by atoms with E-state index < -0.39 is 5.92 Å². The lowest BCUT2D eigenvalue weighted by atomic mass is 10.1. The van der Waals surface area contributed by atoms with E-state index in [9.17, 15) is 9.59 Å². The van der Waals surface area contributed by atoms with Gasteiger partial charge < -0.3 is 10.2 Å². The molecule has 1 N–H and O–H groups in total. The van der Waals surface area contributed by atoms with Crippen LogP contribution in [0.4, 0.5) is 11.4 Å². The lowest BCUT2D eigenvalue weighted by Gasteiger charge is -2.19. The SMILES string of the molecule is Cc1c(Cl)cccc1N1C[C@@H](C(=O)Nc2ccc(Cl)cc2Cl)CC1=O. The summed E-state index contributed by atoms with van der Waals surface area (Å²) in [6, 6.07) is 10.2. The van der Waals surface area contributed by atoms with Crippen LogP contribution in [0.15, 0.2) is 36.4 Å². The van der Waals surface area contributed by atoms with E-state index in [2.05, 4.69) is 5.32 Å². The predicted molar refractivity (Wildman–Crippen MR) is 102 cm³/mol. The van der Waals surface area contributed by atoms with Crippen molar-refractivity contribution < 1.29 is 9.59 Å². The van der Waals surface area contributed by atoms with Gasteiger partial charge in [0, 0.05) is 28.7 Å². The third-order valence-electron chi connectivity index (χ3n) is 4.21. The topological polar surface area (TPSA) is 49.4 Å². The highest BCUT2D eigenvalue weighted by Gasteiger charge is 2.36.